The summed E-state index contributed by atoms with van der Waals surface area (Å²) >= 11 is 0. The summed E-state index contributed by atoms with van der Waals surface area (Å²) in [5.74, 6) is -0.960. The van der Waals surface area contributed by atoms with Crippen LogP contribution in [0.3, 0.4) is 0 Å². The van der Waals surface area contributed by atoms with E-state index in [0.717, 1.165) is 56.3 Å². The molecular weight excluding hydrogens is 400 g/mol. The second-order valence-corrected chi connectivity index (χ2v) is 9.87. The first-order chi connectivity index (χ1) is 15.1. The van der Waals surface area contributed by atoms with Gasteiger partial charge in [-0.15, -0.1) is 0 Å². The molecule has 0 saturated heterocycles. The van der Waals surface area contributed by atoms with Gasteiger partial charge in [0.05, 0.1) is 6.67 Å². The Morgan fingerprint density at radius 2 is 1.26 bits per heavy atom. The fourth-order valence-electron chi connectivity index (χ4n) is 5.59. The first-order valence-electron chi connectivity index (χ1n) is 12.4. The summed E-state index contributed by atoms with van der Waals surface area (Å²) in [4.78, 5) is 0. The standard InChI is InChI=1S/C27H38F4/c28-17-5-3-1-2-4-6-20-7-9-21(10-8-20)11-12-22-13-15-23(16-14-22)24-18-25(29)27(31)26(30)19-24/h2,4,18-23H,1,3,5-17H2/b4-2+/t20-,21-,22-,23-. The predicted molar refractivity (Wildman–Crippen MR) is 119 cm³/mol. The van der Waals surface area contributed by atoms with Crippen molar-refractivity contribution in [3.05, 3.63) is 47.3 Å². The third kappa shape index (κ3) is 7.64. The smallest absolute Gasteiger partial charge is 0.194 e. The zero-order chi connectivity index (χ0) is 22.1. The van der Waals surface area contributed by atoms with Gasteiger partial charge in [-0.2, -0.15) is 0 Å². The molecule has 31 heavy (non-hydrogen) atoms. The molecule has 0 aliphatic heterocycles. The topological polar surface area (TPSA) is 0 Å². The van der Waals surface area contributed by atoms with E-state index in [9.17, 15) is 17.6 Å². The van der Waals surface area contributed by atoms with Crippen molar-refractivity contribution >= 4 is 0 Å². The van der Waals surface area contributed by atoms with Crippen molar-refractivity contribution in [2.24, 2.45) is 17.8 Å². The Morgan fingerprint density at radius 1 is 0.710 bits per heavy atom. The van der Waals surface area contributed by atoms with E-state index < -0.39 is 17.5 Å². The van der Waals surface area contributed by atoms with Crippen molar-refractivity contribution in [2.45, 2.75) is 95.8 Å². The molecule has 2 fully saturated rings. The number of hydrogen-bond donors (Lipinski definition) is 0. The Bertz CT molecular complexity index is 659. The maximum Gasteiger partial charge on any atom is 0.194 e. The second kappa shape index (κ2) is 12.6. The van der Waals surface area contributed by atoms with Crippen molar-refractivity contribution in [1.82, 2.24) is 0 Å². The summed E-state index contributed by atoms with van der Waals surface area (Å²) in [5, 5.41) is 0. The van der Waals surface area contributed by atoms with Crippen LogP contribution >= 0.6 is 0 Å². The molecule has 1 aromatic rings. The minimum absolute atomic E-state index is 0.154. The molecule has 0 N–H and O–H groups in total. The molecule has 0 heterocycles. The Kier molecular flexibility index (Phi) is 9.93. The molecule has 0 spiro atoms. The molecule has 0 aromatic heterocycles. The molecule has 3 rings (SSSR count). The van der Waals surface area contributed by atoms with E-state index in [0.29, 0.717) is 12.0 Å². The van der Waals surface area contributed by atoms with Gasteiger partial charge in [0.2, 0.25) is 0 Å². The highest BCUT2D eigenvalue weighted by atomic mass is 19.2. The van der Waals surface area contributed by atoms with Crippen molar-refractivity contribution in [3.8, 4) is 0 Å². The monoisotopic (exact) mass is 438 g/mol. The Hall–Kier alpha value is -1.32. The van der Waals surface area contributed by atoms with Gasteiger partial charge >= 0.3 is 0 Å². The van der Waals surface area contributed by atoms with Crippen molar-refractivity contribution in [1.29, 1.82) is 0 Å². The second-order valence-electron chi connectivity index (χ2n) is 9.87. The number of rotatable bonds is 10. The zero-order valence-electron chi connectivity index (χ0n) is 18.7. The fourth-order valence-corrected chi connectivity index (χ4v) is 5.59. The van der Waals surface area contributed by atoms with Crippen LogP contribution in [0.2, 0.25) is 0 Å². The highest BCUT2D eigenvalue weighted by Crippen LogP contribution is 2.40. The van der Waals surface area contributed by atoms with E-state index in [1.807, 2.05) is 0 Å². The molecule has 174 valence electrons. The van der Waals surface area contributed by atoms with Gasteiger partial charge in [-0.05, 0) is 106 Å². The summed E-state index contributed by atoms with van der Waals surface area (Å²) in [6, 6.07) is 2.36. The van der Waals surface area contributed by atoms with E-state index in [1.165, 1.54) is 57.1 Å². The van der Waals surface area contributed by atoms with Crippen LogP contribution in [0.1, 0.15) is 101 Å². The summed E-state index contributed by atoms with van der Waals surface area (Å²) in [6.07, 6.45) is 20.4. The van der Waals surface area contributed by atoms with Crippen LogP contribution in [0.5, 0.6) is 0 Å². The van der Waals surface area contributed by atoms with Crippen molar-refractivity contribution in [2.75, 3.05) is 6.67 Å². The average Bonchev–Trinajstić information content (AvgIpc) is 2.79. The Labute approximate surface area is 185 Å². The summed E-state index contributed by atoms with van der Waals surface area (Å²) < 4.78 is 52.3. The first-order valence-corrected chi connectivity index (χ1v) is 12.4. The molecule has 2 aliphatic rings. The van der Waals surface area contributed by atoms with E-state index >= 15 is 0 Å². The van der Waals surface area contributed by atoms with Gasteiger partial charge in [0.25, 0.3) is 0 Å². The molecule has 4 heteroatoms. The maximum absolute atomic E-state index is 13.5. The maximum atomic E-state index is 13.5. The lowest BCUT2D eigenvalue weighted by atomic mass is 9.74. The van der Waals surface area contributed by atoms with Gasteiger partial charge in [0, 0.05) is 0 Å². The molecule has 0 nitrogen and oxygen atoms in total. The van der Waals surface area contributed by atoms with Crippen LogP contribution in [-0.2, 0) is 0 Å². The third-order valence-electron chi connectivity index (χ3n) is 7.66. The zero-order valence-corrected chi connectivity index (χ0v) is 18.7. The Balaban J connectivity index is 1.30. The number of benzene rings is 1. The molecular formula is C27H38F4. The van der Waals surface area contributed by atoms with Crippen molar-refractivity contribution in [3.63, 3.8) is 0 Å². The summed E-state index contributed by atoms with van der Waals surface area (Å²) in [6.45, 7) is -0.201. The lowest BCUT2D eigenvalue weighted by Gasteiger charge is -2.32. The molecule has 1 aromatic carbocycles. The molecule has 0 amide bonds. The average molecular weight is 439 g/mol. The largest absolute Gasteiger partial charge is 0.251 e. The molecule has 2 aliphatic carbocycles. The molecule has 0 radical (unpaired) electrons. The van der Waals surface area contributed by atoms with E-state index in [4.69, 9.17) is 0 Å². The third-order valence-corrected chi connectivity index (χ3v) is 7.66. The van der Waals surface area contributed by atoms with Crippen molar-refractivity contribution < 1.29 is 17.6 Å². The Morgan fingerprint density at radius 3 is 1.84 bits per heavy atom. The lowest BCUT2D eigenvalue weighted by molar-refractivity contribution is 0.231. The van der Waals surface area contributed by atoms with Crippen LogP contribution in [-0.4, -0.2) is 6.67 Å². The van der Waals surface area contributed by atoms with E-state index in [1.54, 1.807) is 0 Å². The van der Waals surface area contributed by atoms with Crippen LogP contribution in [0.25, 0.3) is 0 Å². The summed E-state index contributed by atoms with van der Waals surface area (Å²) in [7, 11) is 0. The van der Waals surface area contributed by atoms with Gasteiger partial charge in [-0.3, -0.25) is 4.39 Å². The van der Waals surface area contributed by atoms with Crippen LogP contribution in [0, 0.1) is 35.2 Å². The molecule has 0 bridgehead atoms. The van der Waals surface area contributed by atoms with E-state index in [-0.39, 0.29) is 12.6 Å². The predicted octanol–water partition coefficient (Wildman–Crippen LogP) is 9.05. The first kappa shape index (κ1) is 24.3. The number of alkyl halides is 1. The number of unbranched alkanes of at least 4 members (excludes halogenated alkanes) is 2. The van der Waals surface area contributed by atoms with Crippen LogP contribution in [0.15, 0.2) is 24.3 Å². The van der Waals surface area contributed by atoms with Gasteiger partial charge in [-0.25, -0.2) is 13.2 Å². The number of hydrogen-bond acceptors (Lipinski definition) is 0. The molecule has 2 saturated carbocycles. The lowest BCUT2D eigenvalue weighted by Crippen LogP contribution is -2.18. The quantitative estimate of drug-likeness (QED) is 0.148. The fraction of sp³-hybridized carbons (Fsp3) is 0.704. The highest BCUT2D eigenvalue weighted by Gasteiger charge is 2.26. The highest BCUT2D eigenvalue weighted by molar-refractivity contribution is 5.23. The SMILES string of the molecule is FCCCC/C=C/C[C@H]1CC[C@H](CC[C@H]2CC[C@H](c3cc(F)c(F)c(F)c3)CC2)CC1. The molecule has 0 atom stereocenters. The minimum Gasteiger partial charge on any atom is -0.251 e. The van der Waals surface area contributed by atoms with Gasteiger partial charge in [0.1, 0.15) is 0 Å². The van der Waals surface area contributed by atoms with Crippen LogP contribution < -0.4 is 0 Å². The van der Waals surface area contributed by atoms with Crippen LogP contribution in [0.4, 0.5) is 17.6 Å². The summed E-state index contributed by atoms with van der Waals surface area (Å²) in [5.41, 5.74) is 0.615. The molecule has 0 unspecified atom stereocenters. The normalized spacial score (nSPS) is 27.1. The number of halogens is 4. The van der Waals surface area contributed by atoms with Gasteiger partial charge in [-0.1, -0.05) is 37.8 Å². The van der Waals surface area contributed by atoms with Gasteiger partial charge in [0.15, 0.2) is 17.5 Å². The van der Waals surface area contributed by atoms with E-state index in [2.05, 4.69) is 12.2 Å². The number of allylic oxidation sites excluding steroid dienone is 2. The minimum atomic E-state index is -1.36. The van der Waals surface area contributed by atoms with Gasteiger partial charge < -0.3 is 0 Å².